The van der Waals surface area contributed by atoms with Gasteiger partial charge in [-0.2, -0.15) is 5.26 Å². The molecule has 0 bridgehead atoms. The fourth-order valence-corrected chi connectivity index (χ4v) is 5.37. The molecular formula is C32H37N5O. The fraction of sp³-hybridized carbons (Fsp3) is 0.375. The first-order valence-electron chi connectivity index (χ1n) is 13.7. The Morgan fingerprint density at radius 2 is 1.42 bits per heavy atom. The van der Waals surface area contributed by atoms with Crippen LogP contribution in [0.25, 0.3) is 5.70 Å². The molecule has 0 atom stereocenters. The smallest absolute Gasteiger partial charge is 0.119 e. The van der Waals surface area contributed by atoms with E-state index in [0.717, 1.165) is 82.0 Å². The van der Waals surface area contributed by atoms with E-state index in [2.05, 4.69) is 81.3 Å². The van der Waals surface area contributed by atoms with Crippen LogP contribution in [-0.4, -0.2) is 53.1 Å². The highest BCUT2D eigenvalue weighted by Crippen LogP contribution is 2.23. The molecule has 38 heavy (non-hydrogen) atoms. The van der Waals surface area contributed by atoms with Gasteiger partial charge in [0.1, 0.15) is 11.9 Å². The van der Waals surface area contributed by atoms with Crippen LogP contribution in [0.15, 0.2) is 79.6 Å². The van der Waals surface area contributed by atoms with Crippen molar-refractivity contribution < 1.29 is 4.74 Å². The van der Waals surface area contributed by atoms with E-state index >= 15 is 0 Å². The van der Waals surface area contributed by atoms with Crippen molar-refractivity contribution in [2.24, 2.45) is 0 Å². The maximum Gasteiger partial charge on any atom is 0.119 e. The summed E-state index contributed by atoms with van der Waals surface area (Å²) >= 11 is 0. The largest absolute Gasteiger partial charge is 0.490 e. The number of likely N-dealkylation sites (tertiary alicyclic amines) is 2. The Kier molecular flexibility index (Phi) is 8.70. The van der Waals surface area contributed by atoms with Crippen LogP contribution in [0.1, 0.15) is 47.9 Å². The van der Waals surface area contributed by atoms with Crippen LogP contribution in [0.4, 0.5) is 0 Å². The second-order valence-corrected chi connectivity index (χ2v) is 10.5. The molecule has 2 aliphatic heterocycles. The molecule has 0 aliphatic carbocycles. The zero-order chi connectivity index (χ0) is 26.2. The van der Waals surface area contributed by atoms with E-state index in [4.69, 9.17) is 10.00 Å². The van der Waals surface area contributed by atoms with Crippen LogP contribution >= 0.6 is 0 Å². The number of hydrogen-bond donors (Lipinski definition) is 1. The molecule has 2 saturated heterocycles. The first-order chi connectivity index (χ1) is 18.6. The number of pyridine rings is 1. The van der Waals surface area contributed by atoms with E-state index in [1.54, 1.807) is 0 Å². The summed E-state index contributed by atoms with van der Waals surface area (Å²) in [4.78, 5) is 9.09. The molecule has 0 saturated carbocycles. The lowest BCUT2D eigenvalue weighted by Crippen LogP contribution is -2.41. The molecule has 1 N–H and O–H groups in total. The van der Waals surface area contributed by atoms with Gasteiger partial charge >= 0.3 is 0 Å². The van der Waals surface area contributed by atoms with Crippen LogP contribution in [0, 0.1) is 11.3 Å². The van der Waals surface area contributed by atoms with Crippen molar-refractivity contribution >= 4 is 5.70 Å². The standard InChI is InChI=1S/C32H37N5O/c1-25(35-30-12-18-36(19-13-30)24-28-10-16-34-17-11-28)29-6-8-31(9-7-29)38-32-14-20-37(21-15-32)23-27-4-2-26(22-33)3-5-27/h2-11,16-17,30,32,35H,1,12-15,18-21,23-24H2. The molecule has 2 aliphatic rings. The predicted molar refractivity (Wildman–Crippen MR) is 151 cm³/mol. The highest BCUT2D eigenvalue weighted by molar-refractivity contribution is 5.62. The second kappa shape index (κ2) is 12.7. The van der Waals surface area contributed by atoms with Crippen molar-refractivity contribution in [1.29, 1.82) is 5.26 Å². The van der Waals surface area contributed by atoms with Crippen molar-refractivity contribution in [1.82, 2.24) is 20.1 Å². The molecule has 6 heteroatoms. The minimum Gasteiger partial charge on any atom is -0.490 e. The van der Waals surface area contributed by atoms with Crippen LogP contribution in [0.2, 0.25) is 0 Å². The molecule has 196 valence electrons. The molecule has 2 aromatic carbocycles. The van der Waals surface area contributed by atoms with Gasteiger partial charge < -0.3 is 10.1 Å². The van der Waals surface area contributed by atoms with Crippen LogP contribution < -0.4 is 10.1 Å². The quantitative estimate of drug-likeness (QED) is 0.428. The molecule has 3 aromatic rings. The summed E-state index contributed by atoms with van der Waals surface area (Å²) in [7, 11) is 0. The number of piperidine rings is 2. The number of benzene rings is 2. The lowest BCUT2D eigenvalue weighted by atomic mass is 10.0. The number of aromatic nitrogens is 1. The number of ether oxygens (including phenoxy) is 1. The first-order valence-corrected chi connectivity index (χ1v) is 13.7. The van der Waals surface area contributed by atoms with Crippen LogP contribution in [0.5, 0.6) is 5.75 Å². The lowest BCUT2D eigenvalue weighted by molar-refractivity contribution is 0.0968. The van der Waals surface area contributed by atoms with E-state index in [1.165, 1.54) is 11.1 Å². The summed E-state index contributed by atoms with van der Waals surface area (Å²) in [6.45, 7) is 10.4. The van der Waals surface area contributed by atoms with Gasteiger partial charge in [0.05, 0.1) is 11.6 Å². The van der Waals surface area contributed by atoms with Gasteiger partial charge in [-0.1, -0.05) is 18.7 Å². The molecule has 3 heterocycles. The number of hydrogen-bond acceptors (Lipinski definition) is 6. The number of nitrogens with zero attached hydrogens (tertiary/aromatic N) is 4. The Labute approximate surface area is 226 Å². The lowest BCUT2D eigenvalue weighted by Gasteiger charge is -2.33. The topological polar surface area (TPSA) is 64.4 Å². The molecule has 0 amide bonds. The third-order valence-corrected chi connectivity index (χ3v) is 7.65. The molecular weight excluding hydrogens is 470 g/mol. The summed E-state index contributed by atoms with van der Waals surface area (Å²) in [5.74, 6) is 0.927. The zero-order valence-corrected chi connectivity index (χ0v) is 22.1. The zero-order valence-electron chi connectivity index (χ0n) is 22.1. The Morgan fingerprint density at radius 1 is 0.842 bits per heavy atom. The Morgan fingerprint density at radius 3 is 2.03 bits per heavy atom. The van der Waals surface area contributed by atoms with Crippen molar-refractivity contribution in [2.75, 3.05) is 26.2 Å². The summed E-state index contributed by atoms with van der Waals surface area (Å²) in [6.07, 6.45) is 8.26. The van der Waals surface area contributed by atoms with Gasteiger partial charge in [0.25, 0.3) is 0 Å². The molecule has 2 fully saturated rings. The van der Waals surface area contributed by atoms with Crippen molar-refractivity contribution in [3.05, 3.63) is 102 Å². The number of nitriles is 1. The van der Waals surface area contributed by atoms with Gasteiger partial charge in [0.2, 0.25) is 0 Å². The molecule has 0 radical (unpaired) electrons. The van der Waals surface area contributed by atoms with Gasteiger partial charge in [0.15, 0.2) is 0 Å². The summed E-state index contributed by atoms with van der Waals surface area (Å²) in [5.41, 5.74) is 5.40. The Hall–Kier alpha value is -3.66. The molecule has 0 unspecified atom stereocenters. The highest BCUT2D eigenvalue weighted by atomic mass is 16.5. The molecule has 5 rings (SSSR count). The maximum absolute atomic E-state index is 8.97. The number of rotatable bonds is 9. The third-order valence-electron chi connectivity index (χ3n) is 7.65. The van der Waals surface area contributed by atoms with Crippen molar-refractivity contribution in [2.45, 2.75) is 50.9 Å². The minimum absolute atomic E-state index is 0.247. The van der Waals surface area contributed by atoms with E-state index in [1.807, 2.05) is 24.5 Å². The van der Waals surface area contributed by atoms with Crippen molar-refractivity contribution in [3.63, 3.8) is 0 Å². The minimum atomic E-state index is 0.247. The van der Waals surface area contributed by atoms with Gasteiger partial charge in [-0.3, -0.25) is 14.8 Å². The van der Waals surface area contributed by atoms with Gasteiger partial charge in [-0.15, -0.1) is 0 Å². The summed E-state index contributed by atoms with van der Waals surface area (Å²) in [6, 6.07) is 23.1. The molecule has 1 aromatic heterocycles. The normalized spacial score (nSPS) is 17.6. The van der Waals surface area contributed by atoms with E-state index < -0.39 is 0 Å². The SMILES string of the molecule is C=C(NC1CCN(Cc2ccncc2)CC1)c1ccc(OC2CCN(Cc3ccc(C#N)cc3)CC2)cc1. The maximum atomic E-state index is 8.97. The van der Waals surface area contributed by atoms with E-state index in [9.17, 15) is 0 Å². The molecule has 6 nitrogen and oxygen atoms in total. The fourth-order valence-electron chi connectivity index (χ4n) is 5.37. The summed E-state index contributed by atoms with van der Waals surface area (Å²) in [5, 5.41) is 12.6. The third kappa shape index (κ3) is 7.22. The van der Waals surface area contributed by atoms with Crippen LogP contribution in [-0.2, 0) is 13.1 Å². The van der Waals surface area contributed by atoms with Gasteiger partial charge in [-0.25, -0.2) is 0 Å². The first kappa shape index (κ1) is 26.0. The van der Waals surface area contributed by atoms with E-state index in [-0.39, 0.29) is 6.10 Å². The average molecular weight is 508 g/mol. The summed E-state index contributed by atoms with van der Waals surface area (Å²) < 4.78 is 6.31. The van der Waals surface area contributed by atoms with Gasteiger partial charge in [-0.05, 0) is 90.9 Å². The molecule has 0 spiro atoms. The van der Waals surface area contributed by atoms with Gasteiger partial charge in [0, 0.05) is 63.4 Å². The highest BCUT2D eigenvalue weighted by Gasteiger charge is 2.22. The Balaban J connectivity index is 1.02. The predicted octanol–water partition coefficient (Wildman–Crippen LogP) is 5.22. The van der Waals surface area contributed by atoms with E-state index in [0.29, 0.717) is 11.6 Å². The average Bonchev–Trinajstić information content (AvgIpc) is 2.96. The second-order valence-electron chi connectivity index (χ2n) is 10.5. The van der Waals surface area contributed by atoms with Crippen molar-refractivity contribution in [3.8, 4) is 11.8 Å². The number of nitrogens with one attached hydrogen (secondary N) is 1. The monoisotopic (exact) mass is 507 g/mol. The van der Waals surface area contributed by atoms with Crippen LogP contribution in [0.3, 0.4) is 0 Å². The Bertz CT molecular complexity index is 1200.